The van der Waals surface area contributed by atoms with Gasteiger partial charge in [-0.05, 0) is 111 Å². The van der Waals surface area contributed by atoms with Crippen LogP contribution in [0.3, 0.4) is 0 Å². The second-order valence-electron chi connectivity index (χ2n) is 10.9. The molecule has 0 amide bonds. The van der Waals surface area contributed by atoms with Gasteiger partial charge in [0.25, 0.3) is 0 Å². The molecule has 0 aromatic heterocycles. The molecule has 0 bridgehead atoms. The summed E-state index contributed by atoms with van der Waals surface area (Å²) < 4.78 is 6.34. The van der Waals surface area contributed by atoms with Crippen molar-refractivity contribution in [2.75, 3.05) is 6.61 Å². The fraction of sp³-hybridized carbons (Fsp3) is 1.00. The molecule has 6 fully saturated rings. The summed E-state index contributed by atoms with van der Waals surface area (Å²) in [4.78, 5) is 0. The van der Waals surface area contributed by atoms with Crippen LogP contribution in [0.25, 0.3) is 0 Å². The highest BCUT2D eigenvalue weighted by atomic mass is 16.5. The summed E-state index contributed by atoms with van der Waals surface area (Å²) in [5, 5.41) is 0. The Bertz CT molecular complexity index is 534. The van der Waals surface area contributed by atoms with Crippen molar-refractivity contribution in [2.24, 2.45) is 34.0 Å². The van der Waals surface area contributed by atoms with Gasteiger partial charge in [0, 0.05) is 6.61 Å². The molecule has 1 nitrogen and oxygen atoms in total. The topological polar surface area (TPSA) is 9.23 Å². The minimum atomic E-state index is 0.337. The molecule has 5 saturated carbocycles. The molecule has 0 aromatic rings. The Morgan fingerprint density at radius 1 is 0.783 bits per heavy atom. The normalized spacial score (nSPS) is 63.3. The van der Waals surface area contributed by atoms with Gasteiger partial charge in [-0.25, -0.2) is 0 Å². The zero-order chi connectivity index (χ0) is 15.3. The van der Waals surface area contributed by atoms with Gasteiger partial charge in [0.05, 0.1) is 5.60 Å². The molecule has 6 aliphatic rings. The Morgan fingerprint density at radius 2 is 1.74 bits per heavy atom. The summed E-state index contributed by atoms with van der Waals surface area (Å²) in [5.41, 5.74) is 2.60. The van der Waals surface area contributed by atoms with Gasteiger partial charge < -0.3 is 4.74 Å². The minimum absolute atomic E-state index is 0.337. The summed E-state index contributed by atoms with van der Waals surface area (Å²) in [6.45, 7) is 3.70. The monoisotopic (exact) mass is 314 g/mol. The van der Waals surface area contributed by atoms with Crippen molar-refractivity contribution in [3.05, 3.63) is 0 Å². The van der Waals surface area contributed by atoms with Crippen LogP contribution in [0.4, 0.5) is 0 Å². The van der Waals surface area contributed by atoms with Crippen molar-refractivity contribution >= 4 is 0 Å². The van der Waals surface area contributed by atoms with Crippen LogP contribution in [0.2, 0.25) is 0 Å². The third kappa shape index (κ3) is 1.60. The maximum atomic E-state index is 6.34. The van der Waals surface area contributed by atoms with Crippen molar-refractivity contribution in [1.82, 2.24) is 0 Å². The van der Waals surface area contributed by atoms with Gasteiger partial charge in [0.1, 0.15) is 0 Å². The SMILES string of the molecule is CC12CCCC1[C@H]1CC[C@@]34CC5(CCCO5)CCC3(C4)C1CC2. The number of hydrogen-bond acceptors (Lipinski definition) is 1. The molecule has 1 aliphatic heterocycles. The van der Waals surface area contributed by atoms with Gasteiger partial charge in [0.2, 0.25) is 0 Å². The minimum Gasteiger partial charge on any atom is -0.375 e. The van der Waals surface area contributed by atoms with E-state index in [0.717, 1.165) is 40.6 Å². The van der Waals surface area contributed by atoms with E-state index in [4.69, 9.17) is 4.74 Å². The summed E-state index contributed by atoms with van der Waals surface area (Å²) >= 11 is 0. The Kier molecular flexibility index (Phi) is 2.58. The maximum Gasteiger partial charge on any atom is 0.0689 e. The van der Waals surface area contributed by atoms with E-state index < -0.39 is 0 Å². The van der Waals surface area contributed by atoms with Crippen molar-refractivity contribution < 1.29 is 4.74 Å². The average molecular weight is 315 g/mol. The van der Waals surface area contributed by atoms with E-state index in [2.05, 4.69) is 6.92 Å². The highest BCUT2D eigenvalue weighted by Gasteiger charge is 2.77. The first-order chi connectivity index (χ1) is 11.1. The van der Waals surface area contributed by atoms with E-state index in [1.165, 1.54) is 44.9 Å². The lowest BCUT2D eigenvalue weighted by Gasteiger charge is -2.56. The molecule has 1 heteroatoms. The van der Waals surface area contributed by atoms with Crippen LogP contribution in [0, 0.1) is 34.0 Å². The molecule has 5 aliphatic carbocycles. The van der Waals surface area contributed by atoms with Gasteiger partial charge in [-0.15, -0.1) is 0 Å². The van der Waals surface area contributed by atoms with E-state index in [-0.39, 0.29) is 0 Å². The zero-order valence-corrected chi connectivity index (χ0v) is 15.0. The first-order valence-electron chi connectivity index (χ1n) is 10.7. The highest BCUT2D eigenvalue weighted by molar-refractivity contribution is 5.26. The molecule has 5 unspecified atom stereocenters. The fourth-order valence-corrected chi connectivity index (χ4v) is 9.35. The lowest BCUT2D eigenvalue weighted by Crippen LogP contribution is -2.50. The van der Waals surface area contributed by atoms with E-state index in [1.807, 2.05) is 0 Å². The van der Waals surface area contributed by atoms with E-state index >= 15 is 0 Å². The molecule has 0 radical (unpaired) electrons. The van der Waals surface area contributed by atoms with Crippen LogP contribution >= 0.6 is 0 Å². The van der Waals surface area contributed by atoms with Crippen LogP contribution in [0.1, 0.15) is 90.4 Å². The molecule has 1 heterocycles. The van der Waals surface area contributed by atoms with Gasteiger partial charge in [-0.3, -0.25) is 0 Å². The van der Waals surface area contributed by atoms with Crippen LogP contribution in [0.5, 0.6) is 0 Å². The second-order valence-corrected chi connectivity index (χ2v) is 10.9. The fourth-order valence-electron chi connectivity index (χ4n) is 9.35. The first kappa shape index (κ1) is 14.2. The van der Waals surface area contributed by atoms with Crippen molar-refractivity contribution in [3.63, 3.8) is 0 Å². The first-order valence-corrected chi connectivity index (χ1v) is 10.7. The van der Waals surface area contributed by atoms with Gasteiger partial charge in [-0.1, -0.05) is 13.3 Å². The predicted octanol–water partition coefficient (Wildman–Crippen LogP) is 5.72. The van der Waals surface area contributed by atoms with Gasteiger partial charge in [-0.2, -0.15) is 0 Å². The maximum absolute atomic E-state index is 6.34. The molecule has 0 N–H and O–H groups in total. The lowest BCUT2D eigenvalue weighted by molar-refractivity contribution is -0.108. The quantitative estimate of drug-likeness (QED) is 0.555. The van der Waals surface area contributed by atoms with Crippen molar-refractivity contribution in [3.8, 4) is 0 Å². The molecule has 6 rings (SSSR count). The molecule has 1 saturated heterocycles. The molecule has 23 heavy (non-hydrogen) atoms. The molecular formula is C22H34O. The van der Waals surface area contributed by atoms with E-state index in [9.17, 15) is 0 Å². The van der Waals surface area contributed by atoms with Gasteiger partial charge >= 0.3 is 0 Å². The third-order valence-electron chi connectivity index (χ3n) is 10.3. The third-order valence-corrected chi connectivity index (χ3v) is 10.3. The molecule has 1 spiro atoms. The molecular weight excluding hydrogens is 280 g/mol. The highest BCUT2D eigenvalue weighted by Crippen LogP contribution is 2.84. The van der Waals surface area contributed by atoms with E-state index in [1.54, 1.807) is 38.5 Å². The summed E-state index contributed by atoms with van der Waals surface area (Å²) in [6.07, 6.45) is 19.6. The van der Waals surface area contributed by atoms with Crippen molar-refractivity contribution in [1.29, 1.82) is 0 Å². The summed E-state index contributed by atoms with van der Waals surface area (Å²) in [6, 6.07) is 0. The number of ether oxygens (including phenoxy) is 1. The Morgan fingerprint density at radius 3 is 2.61 bits per heavy atom. The molecule has 0 aromatic carbocycles. The Labute approximate surface area is 141 Å². The van der Waals surface area contributed by atoms with Crippen LogP contribution in [0.15, 0.2) is 0 Å². The lowest BCUT2D eigenvalue weighted by atomic mass is 9.49. The number of hydrogen-bond donors (Lipinski definition) is 0. The largest absolute Gasteiger partial charge is 0.375 e. The molecule has 7 atom stereocenters. The van der Waals surface area contributed by atoms with Gasteiger partial charge in [0.15, 0.2) is 0 Å². The van der Waals surface area contributed by atoms with Crippen molar-refractivity contribution in [2.45, 2.75) is 96.0 Å². The zero-order valence-electron chi connectivity index (χ0n) is 15.0. The van der Waals surface area contributed by atoms with Crippen LogP contribution in [-0.4, -0.2) is 12.2 Å². The number of fused-ring (bicyclic) bond motifs is 3. The number of rotatable bonds is 0. The smallest absolute Gasteiger partial charge is 0.0689 e. The summed E-state index contributed by atoms with van der Waals surface area (Å²) in [5.74, 6) is 3.30. The van der Waals surface area contributed by atoms with E-state index in [0.29, 0.717) is 5.60 Å². The Hall–Kier alpha value is -0.0400. The standard InChI is InChI=1S/C22H34O/c1-19-7-2-4-17(19)16-5-10-20-14-21(8-3-13-23-21)11-12-22(20,15-20)18(16)6-9-19/h16-18H,2-15H2,1H3/t16-,17?,18?,19?,20+,21?,22?/m1/s1. The average Bonchev–Trinajstić information content (AvgIpc) is 2.79. The predicted molar refractivity (Wildman–Crippen MR) is 92.1 cm³/mol. The van der Waals surface area contributed by atoms with Crippen LogP contribution < -0.4 is 0 Å². The summed E-state index contributed by atoms with van der Waals surface area (Å²) in [7, 11) is 0. The second kappa shape index (κ2) is 4.19. The van der Waals surface area contributed by atoms with Crippen LogP contribution in [-0.2, 0) is 4.74 Å². The Balaban J connectivity index is 1.31. The molecule has 128 valence electrons.